The molecule has 4 atom stereocenters. The molecule has 3 aliphatic rings. The second-order valence-electron chi connectivity index (χ2n) is 6.11. The van der Waals surface area contributed by atoms with E-state index in [1.165, 1.54) is 4.90 Å². The van der Waals surface area contributed by atoms with Crippen molar-refractivity contribution in [2.75, 3.05) is 4.90 Å². The second-order valence-corrected chi connectivity index (χ2v) is 7.35. The van der Waals surface area contributed by atoms with Crippen LogP contribution in [0.1, 0.15) is 13.3 Å². The third-order valence-electron chi connectivity index (χ3n) is 5.20. The number of carbonyl (C=O) groups is 2. The van der Waals surface area contributed by atoms with E-state index in [0.29, 0.717) is 5.69 Å². The van der Waals surface area contributed by atoms with Crippen LogP contribution in [0.4, 0.5) is 5.69 Å². The number of rotatable bonds is 1. The van der Waals surface area contributed by atoms with Crippen molar-refractivity contribution in [3.05, 3.63) is 40.0 Å². The van der Waals surface area contributed by atoms with Crippen molar-refractivity contribution in [1.29, 1.82) is 0 Å². The van der Waals surface area contributed by atoms with Gasteiger partial charge in [0, 0.05) is 3.57 Å². The molecule has 1 saturated carbocycles. The van der Waals surface area contributed by atoms with Crippen molar-refractivity contribution in [2.24, 2.45) is 23.2 Å². The van der Waals surface area contributed by atoms with E-state index in [1.54, 1.807) is 0 Å². The summed E-state index contributed by atoms with van der Waals surface area (Å²) in [7, 11) is 0. The highest BCUT2D eigenvalue weighted by atomic mass is 127. The monoisotopic (exact) mass is 379 g/mol. The summed E-state index contributed by atoms with van der Waals surface area (Å²) in [6.07, 6.45) is 5.21. The molecule has 1 heterocycles. The lowest BCUT2D eigenvalue weighted by Crippen LogP contribution is -2.37. The van der Waals surface area contributed by atoms with Crippen molar-refractivity contribution in [2.45, 2.75) is 13.3 Å². The summed E-state index contributed by atoms with van der Waals surface area (Å²) in [6.45, 7) is 1.97. The maximum Gasteiger partial charge on any atom is 0.241 e. The molecule has 0 unspecified atom stereocenters. The van der Waals surface area contributed by atoms with Crippen molar-refractivity contribution >= 4 is 40.1 Å². The van der Waals surface area contributed by atoms with Crippen LogP contribution in [0.3, 0.4) is 0 Å². The number of carbonyl (C=O) groups excluding carboxylic acids is 2. The Labute approximate surface area is 131 Å². The molecule has 2 amide bonds. The molecule has 3 nitrogen and oxygen atoms in total. The quantitative estimate of drug-likeness (QED) is 0.428. The molecule has 1 aromatic rings. The SMILES string of the molecule is C[C@@]12C(=O)N(c3ccc(I)cc3)C(=O)[C@H]1[C@H]1C=C[C@@H]2C1. The van der Waals surface area contributed by atoms with Crippen LogP contribution in [0.2, 0.25) is 0 Å². The summed E-state index contributed by atoms with van der Waals surface area (Å²) in [5.74, 6) is 0.267. The fourth-order valence-electron chi connectivity index (χ4n) is 4.14. The Balaban J connectivity index is 1.80. The smallest absolute Gasteiger partial charge is 0.241 e. The number of halogens is 1. The molecular weight excluding hydrogens is 365 g/mol. The van der Waals surface area contributed by atoms with E-state index in [-0.39, 0.29) is 29.6 Å². The minimum Gasteiger partial charge on any atom is -0.274 e. The lowest BCUT2D eigenvalue weighted by atomic mass is 9.71. The third-order valence-corrected chi connectivity index (χ3v) is 5.92. The first kappa shape index (κ1) is 12.6. The van der Waals surface area contributed by atoms with E-state index in [0.717, 1.165) is 9.99 Å². The normalized spacial score (nSPS) is 37.9. The topological polar surface area (TPSA) is 37.4 Å². The minimum absolute atomic E-state index is 0.0180. The average molecular weight is 379 g/mol. The van der Waals surface area contributed by atoms with Crippen LogP contribution in [-0.4, -0.2) is 11.8 Å². The zero-order valence-corrected chi connectivity index (χ0v) is 13.2. The summed E-state index contributed by atoms with van der Waals surface area (Å²) in [5.41, 5.74) is 0.176. The van der Waals surface area contributed by atoms with Crippen LogP contribution in [0.25, 0.3) is 0 Å². The van der Waals surface area contributed by atoms with Gasteiger partial charge in [-0.2, -0.15) is 0 Å². The molecule has 0 N–H and O–H groups in total. The van der Waals surface area contributed by atoms with Gasteiger partial charge in [-0.3, -0.25) is 9.59 Å². The number of nitrogens with zero attached hydrogens (tertiary/aromatic N) is 1. The first-order chi connectivity index (χ1) is 9.53. The fraction of sp³-hybridized carbons (Fsp3) is 0.375. The Morgan fingerprint density at radius 3 is 2.55 bits per heavy atom. The Morgan fingerprint density at radius 2 is 1.90 bits per heavy atom. The standard InChI is InChI=1S/C16H14INO2/c1-16-10-3-2-9(8-10)13(16)14(19)18(15(16)20)12-6-4-11(17)5-7-12/h2-7,9-10,13H,8H2,1H3/t9-,10+,13+,16-/m0/s1. The largest absolute Gasteiger partial charge is 0.274 e. The number of fused-ring (bicyclic) bond motifs is 5. The average Bonchev–Trinajstić information content (AvgIpc) is 3.05. The van der Waals surface area contributed by atoms with Crippen molar-refractivity contribution in [3.63, 3.8) is 0 Å². The molecule has 0 aromatic heterocycles. The lowest BCUT2D eigenvalue weighted by molar-refractivity contribution is -0.127. The Morgan fingerprint density at radius 1 is 1.20 bits per heavy atom. The first-order valence-electron chi connectivity index (χ1n) is 6.86. The number of hydrogen-bond acceptors (Lipinski definition) is 2. The highest BCUT2D eigenvalue weighted by Gasteiger charge is 2.67. The van der Waals surface area contributed by atoms with Crippen LogP contribution in [0, 0.1) is 26.7 Å². The molecule has 102 valence electrons. The van der Waals surface area contributed by atoms with Gasteiger partial charge < -0.3 is 0 Å². The van der Waals surface area contributed by atoms with Gasteiger partial charge in [-0.1, -0.05) is 12.2 Å². The van der Waals surface area contributed by atoms with Gasteiger partial charge in [0.1, 0.15) is 0 Å². The van der Waals surface area contributed by atoms with Gasteiger partial charge in [0.15, 0.2) is 0 Å². The van der Waals surface area contributed by atoms with Crippen molar-refractivity contribution in [3.8, 4) is 0 Å². The summed E-state index contributed by atoms with van der Waals surface area (Å²) in [5, 5.41) is 0. The molecule has 2 bridgehead atoms. The first-order valence-corrected chi connectivity index (χ1v) is 7.93. The van der Waals surface area contributed by atoms with Crippen LogP contribution < -0.4 is 4.90 Å². The molecule has 2 aliphatic carbocycles. The third kappa shape index (κ3) is 1.35. The van der Waals surface area contributed by atoms with E-state index in [9.17, 15) is 9.59 Å². The Kier molecular flexibility index (Phi) is 2.47. The molecular formula is C16H14INO2. The van der Waals surface area contributed by atoms with E-state index in [1.807, 2.05) is 31.2 Å². The van der Waals surface area contributed by atoms with Crippen LogP contribution in [0.5, 0.6) is 0 Å². The van der Waals surface area contributed by atoms with Crippen LogP contribution in [-0.2, 0) is 9.59 Å². The van der Waals surface area contributed by atoms with Gasteiger partial charge >= 0.3 is 0 Å². The number of imide groups is 1. The maximum atomic E-state index is 12.9. The Hall–Kier alpha value is -1.17. The number of hydrogen-bond donors (Lipinski definition) is 0. The maximum absolute atomic E-state index is 12.9. The molecule has 4 heteroatoms. The molecule has 1 aliphatic heterocycles. The van der Waals surface area contributed by atoms with Gasteiger partial charge in [0.2, 0.25) is 11.8 Å². The van der Waals surface area contributed by atoms with Crippen molar-refractivity contribution in [1.82, 2.24) is 0 Å². The van der Waals surface area contributed by atoms with Crippen LogP contribution >= 0.6 is 22.6 Å². The highest BCUT2D eigenvalue weighted by Crippen LogP contribution is 2.60. The molecule has 0 spiro atoms. The highest BCUT2D eigenvalue weighted by molar-refractivity contribution is 14.1. The van der Waals surface area contributed by atoms with Gasteiger partial charge in [-0.25, -0.2) is 4.90 Å². The second kappa shape index (κ2) is 3.93. The van der Waals surface area contributed by atoms with Crippen molar-refractivity contribution < 1.29 is 9.59 Å². The van der Waals surface area contributed by atoms with Gasteiger partial charge in [-0.15, -0.1) is 0 Å². The number of anilines is 1. The van der Waals surface area contributed by atoms with E-state index in [2.05, 4.69) is 34.7 Å². The van der Waals surface area contributed by atoms with Gasteiger partial charge in [0.05, 0.1) is 17.0 Å². The number of amides is 2. The minimum atomic E-state index is -0.528. The molecule has 0 radical (unpaired) electrons. The number of benzene rings is 1. The Bertz CT molecular complexity index is 651. The summed E-state index contributed by atoms with van der Waals surface area (Å²) < 4.78 is 1.10. The molecule has 1 saturated heterocycles. The zero-order valence-electron chi connectivity index (χ0n) is 11.0. The predicted octanol–water partition coefficient (Wildman–Crippen LogP) is 2.99. The van der Waals surface area contributed by atoms with Gasteiger partial charge in [0.25, 0.3) is 0 Å². The summed E-state index contributed by atoms with van der Waals surface area (Å²) >= 11 is 2.22. The van der Waals surface area contributed by atoms with E-state index >= 15 is 0 Å². The molecule has 4 rings (SSSR count). The zero-order chi connectivity index (χ0) is 14.1. The summed E-state index contributed by atoms with van der Waals surface area (Å²) in [6, 6.07) is 7.58. The molecule has 20 heavy (non-hydrogen) atoms. The van der Waals surface area contributed by atoms with Crippen LogP contribution in [0.15, 0.2) is 36.4 Å². The van der Waals surface area contributed by atoms with E-state index < -0.39 is 5.41 Å². The molecule has 2 fully saturated rings. The summed E-state index contributed by atoms with van der Waals surface area (Å²) in [4.78, 5) is 27.0. The van der Waals surface area contributed by atoms with E-state index in [4.69, 9.17) is 0 Å². The molecule has 1 aromatic carbocycles. The van der Waals surface area contributed by atoms with Gasteiger partial charge in [-0.05, 0) is 72.0 Å². The predicted molar refractivity (Wildman–Crippen MR) is 84.0 cm³/mol. The fourth-order valence-corrected chi connectivity index (χ4v) is 4.50. The number of allylic oxidation sites excluding steroid dienone is 2. The lowest BCUT2D eigenvalue weighted by Gasteiger charge is -2.28.